The third-order valence-corrected chi connectivity index (χ3v) is 4.86. The molecule has 0 radical (unpaired) electrons. The molecule has 0 bridgehead atoms. The standard InChI is InChI=1S/C21H21N3O2S/c1-3-7-18(25)22-17-12-10-16(11-13-17)20(26)24-21-23-19(14(2)27-21)15-8-5-4-6-9-15/h4-6,8-13H,3,7H2,1-2H3,(H,22,25)(H,23,24,26). The number of aryl methyl sites for hydroxylation is 1. The van der Waals surface area contributed by atoms with Crippen LogP contribution in [0.3, 0.4) is 0 Å². The third-order valence-electron chi connectivity index (χ3n) is 3.97. The van der Waals surface area contributed by atoms with E-state index in [4.69, 9.17) is 0 Å². The number of nitrogens with one attached hydrogen (secondary N) is 2. The van der Waals surface area contributed by atoms with Crippen LogP contribution in [0.4, 0.5) is 10.8 Å². The van der Waals surface area contributed by atoms with Crippen LogP contribution in [0.25, 0.3) is 11.3 Å². The first-order valence-electron chi connectivity index (χ1n) is 8.81. The maximum absolute atomic E-state index is 12.5. The van der Waals surface area contributed by atoms with Crippen molar-refractivity contribution in [1.29, 1.82) is 0 Å². The van der Waals surface area contributed by atoms with Crippen LogP contribution in [0.15, 0.2) is 54.6 Å². The normalized spacial score (nSPS) is 10.4. The van der Waals surface area contributed by atoms with E-state index in [0.29, 0.717) is 22.8 Å². The van der Waals surface area contributed by atoms with E-state index >= 15 is 0 Å². The molecule has 1 aromatic heterocycles. The number of hydrogen-bond donors (Lipinski definition) is 2. The van der Waals surface area contributed by atoms with Crippen LogP contribution in [0.1, 0.15) is 35.0 Å². The van der Waals surface area contributed by atoms with Crippen LogP contribution < -0.4 is 10.6 Å². The fourth-order valence-electron chi connectivity index (χ4n) is 2.64. The summed E-state index contributed by atoms with van der Waals surface area (Å²) < 4.78 is 0. The Bertz CT molecular complexity index is 934. The van der Waals surface area contributed by atoms with Gasteiger partial charge in [-0.05, 0) is 37.6 Å². The molecule has 138 valence electrons. The van der Waals surface area contributed by atoms with Gasteiger partial charge in [0, 0.05) is 28.1 Å². The van der Waals surface area contributed by atoms with Crippen molar-refractivity contribution in [1.82, 2.24) is 4.98 Å². The Labute approximate surface area is 162 Å². The van der Waals surface area contributed by atoms with Gasteiger partial charge in [0.2, 0.25) is 5.91 Å². The highest BCUT2D eigenvalue weighted by Crippen LogP contribution is 2.30. The minimum atomic E-state index is -0.227. The van der Waals surface area contributed by atoms with Crippen molar-refractivity contribution in [3.8, 4) is 11.3 Å². The first-order chi connectivity index (χ1) is 13.1. The molecule has 3 aromatic rings. The molecule has 0 saturated heterocycles. The molecule has 0 aliphatic carbocycles. The minimum absolute atomic E-state index is 0.0265. The predicted octanol–water partition coefficient (Wildman–Crippen LogP) is 5.11. The third kappa shape index (κ3) is 4.80. The Balaban J connectivity index is 1.68. The molecule has 1 heterocycles. The van der Waals surface area contributed by atoms with E-state index in [1.807, 2.05) is 44.2 Å². The predicted molar refractivity (Wildman–Crippen MR) is 110 cm³/mol. The largest absolute Gasteiger partial charge is 0.326 e. The SMILES string of the molecule is CCCC(=O)Nc1ccc(C(=O)Nc2nc(-c3ccccc3)c(C)s2)cc1. The molecule has 0 aliphatic heterocycles. The minimum Gasteiger partial charge on any atom is -0.326 e. The summed E-state index contributed by atoms with van der Waals surface area (Å²) >= 11 is 1.45. The van der Waals surface area contributed by atoms with E-state index in [1.165, 1.54) is 11.3 Å². The number of carbonyl (C=O) groups excluding carboxylic acids is 2. The Morgan fingerprint density at radius 1 is 1.00 bits per heavy atom. The van der Waals surface area contributed by atoms with Crippen molar-refractivity contribution in [3.05, 3.63) is 65.0 Å². The molecule has 0 spiro atoms. The average molecular weight is 379 g/mol. The van der Waals surface area contributed by atoms with E-state index in [1.54, 1.807) is 24.3 Å². The zero-order chi connectivity index (χ0) is 19.2. The van der Waals surface area contributed by atoms with Gasteiger partial charge in [0.1, 0.15) is 0 Å². The number of nitrogens with zero attached hydrogens (tertiary/aromatic N) is 1. The molecule has 5 nitrogen and oxygen atoms in total. The zero-order valence-electron chi connectivity index (χ0n) is 15.3. The first kappa shape index (κ1) is 18.8. The van der Waals surface area contributed by atoms with Crippen molar-refractivity contribution >= 4 is 34.0 Å². The Hall–Kier alpha value is -2.99. The lowest BCUT2D eigenvalue weighted by molar-refractivity contribution is -0.116. The molecule has 27 heavy (non-hydrogen) atoms. The van der Waals surface area contributed by atoms with E-state index in [9.17, 15) is 9.59 Å². The van der Waals surface area contributed by atoms with Crippen molar-refractivity contribution in [2.24, 2.45) is 0 Å². The molecule has 0 saturated carbocycles. The summed E-state index contributed by atoms with van der Waals surface area (Å²) in [4.78, 5) is 29.7. The molecular weight excluding hydrogens is 358 g/mol. The number of anilines is 2. The molecule has 0 unspecified atom stereocenters. The van der Waals surface area contributed by atoms with Crippen LogP contribution >= 0.6 is 11.3 Å². The number of thiazole rings is 1. The topological polar surface area (TPSA) is 71.1 Å². The fourth-order valence-corrected chi connectivity index (χ4v) is 3.47. The number of hydrogen-bond acceptors (Lipinski definition) is 4. The number of benzene rings is 2. The Morgan fingerprint density at radius 2 is 1.70 bits per heavy atom. The van der Waals surface area contributed by atoms with Crippen LogP contribution in [0.5, 0.6) is 0 Å². The van der Waals surface area contributed by atoms with E-state index in [2.05, 4.69) is 15.6 Å². The Kier molecular flexibility index (Phi) is 5.98. The second-order valence-corrected chi connectivity index (χ2v) is 7.32. The maximum Gasteiger partial charge on any atom is 0.257 e. The summed E-state index contributed by atoms with van der Waals surface area (Å²) in [6, 6.07) is 16.7. The highest BCUT2D eigenvalue weighted by atomic mass is 32.1. The van der Waals surface area contributed by atoms with Gasteiger partial charge >= 0.3 is 0 Å². The molecule has 2 aromatic carbocycles. The molecule has 2 N–H and O–H groups in total. The van der Waals surface area contributed by atoms with Gasteiger partial charge in [0.15, 0.2) is 5.13 Å². The van der Waals surface area contributed by atoms with E-state index in [-0.39, 0.29) is 11.8 Å². The lowest BCUT2D eigenvalue weighted by atomic mass is 10.1. The number of rotatable bonds is 6. The lowest BCUT2D eigenvalue weighted by Gasteiger charge is -2.06. The monoisotopic (exact) mass is 379 g/mol. The molecule has 0 aliphatic rings. The molecule has 3 rings (SSSR count). The molecule has 0 atom stereocenters. The summed E-state index contributed by atoms with van der Waals surface area (Å²) in [5.41, 5.74) is 3.10. The van der Waals surface area contributed by atoms with E-state index < -0.39 is 0 Å². The summed E-state index contributed by atoms with van der Waals surface area (Å²) in [5.74, 6) is -0.254. The second-order valence-electron chi connectivity index (χ2n) is 6.12. The zero-order valence-corrected chi connectivity index (χ0v) is 16.1. The van der Waals surface area contributed by atoms with Gasteiger partial charge in [0.25, 0.3) is 5.91 Å². The van der Waals surface area contributed by atoms with Crippen molar-refractivity contribution in [2.75, 3.05) is 10.6 Å². The lowest BCUT2D eigenvalue weighted by Crippen LogP contribution is -2.13. The molecular formula is C21H21N3O2S. The number of carbonyl (C=O) groups is 2. The van der Waals surface area contributed by atoms with Crippen molar-refractivity contribution < 1.29 is 9.59 Å². The highest BCUT2D eigenvalue weighted by Gasteiger charge is 2.13. The van der Waals surface area contributed by atoms with E-state index in [0.717, 1.165) is 22.6 Å². The average Bonchev–Trinajstić information content (AvgIpc) is 3.03. The van der Waals surface area contributed by atoms with Crippen LogP contribution in [-0.4, -0.2) is 16.8 Å². The second kappa shape index (κ2) is 8.60. The van der Waals surface area contributed by atoms with Gasteiger partial charge in [-0.1, -0.05) is 37.3 Å². The van der Waals surface area contributed by atoms with Crippen molar-refractivity contribution in [2.45, 2.75) is 26.7 Å². The summed E-state index contributed by atoms with van der Waals surface area (Å²) in [7, 11) is 0. The summed E-state index contributed by atoms with van der Waals surface area (Å²) in [6.45, 7) is 3.94. The van der Waals surface area contributed by atoms with Gasteiger partial charge in [-0.3, -0.25) is 14.9 Å². The first-order valence-corrected chi connectivity index (χ1v) is 9.62. The summed E-state index contributed by atoms with van der Waals surface area (Å²) in [6.07, 6.45) is 1.28. The highest BCUT2D eigenvalue weighted by molar-refractivity contribution is 7.16. The number of amides is 2. The van der Waals surface area contributed by atoms with Crippen LogP contribution in [0, 0.1) is 6.92 Å². The van der Waals surface area contributed by atoms with Gasteiger partial charge in [-0.2, -0.15) is 0 Å². The Morgan fingerprint density at radius 3 is 2.37 bits per heavy atom. The molecule has 6 heteroatoms. The van der Waals surface area contributed by atoms with Crippen LogP contribution in [-0.2, 0) is 4.79 Å². The quantitative estimate of drug-likeness (QED) is 0.625. The number of aromatic nitrogens is 1. The summed E-state index contributed by atoms with van der Waals surface area (Å²) in [5, 5.41) is 6.22. The molecule has 0 fully saturated rings. The van der Waals surface area contributed by atoms with Gasteiger partial charge < -0.3 is 5.32 Å². The van der Waals surface area contributed by atoms with Gasteiger partial charge in [-0.25, -0.2) is 4.98 Å². The van der Waals surface area contributed by atoms with Gasteiger partial charge in [0.05, 0.1) is 5.69 Å². The maximum atomic E-state index is 12.5. The van der Waals surface area contributed by atoms with Gasteiger partial charge in [-0.15, -0.1) is 11.3 Å². The fraction of sp³-hybridized carbons (Fsp3) is 0.190. The smallest absolute Gasteiger partial charge is 0.257 e. The van der Waals surface area contributed by atoms with Crippen LogP contribution in [0.2, 0.25) is 0 Å². The molecule has 2 amide bonds. The van der Waals surface area contributed by atoms with Crippen molar-refractivity contribution in [3.63, 3.8) is 0 Å².